The predicted molar refractivity (Wildman–Crippen MR) is 140 cm³/mol. The highest BCUT2D eigenvalue weighted by Crippen LogP contribution is 2.37. The first-order chi connectivity index (χ1) is 18.7. The number of phenolic OH excluding ortho intramolecular Hbond substituents is 1. The number of rotatable bonds is 7. The number of aliphatic hydroxyl groups excluding tert-OH is 1. The van der Waals surface area contributed by atoms with Gasteiger partial charge in [-0.1, -0.05) is 12.1 Å². The molecule has 1 atom stereocenters. The molecule has 0 radical (unpaired) electrons. The zero-order valence-corrected chi connectivity index (χ0v) is 22.7. The van der Waals surface area contributed by atoms with Gasteiger partial charge in [-0.2, -0.15) is 31.4 Å². The number of aromatic hydroxyl groups is 1. The number of alkyl halides is 6. The van der Waals surface area contributed by atoms with Crippen molar-refractivity contribution in [3.8, 4) is 5.75 Å². The van der Waals surface area contributed by atoms with E-state index in [9.17, 15) is 36.2 Å². The maximum atomic E-state index is 13.5. The van der Waals surface area contributed by atoms with Gasteiger partial charge in [-0.25, -0.2) is 0 Å². The molecule has 14 heteroatoms. The maximum absolute atomic E-state index is 13.5. The summed E-state index contributed by atoms with van der Waals surface area (Å²) in [6.45, 7) is 3.03. The molecule has 2 aromatic carbocycles. The van der Waals surface area contributed by atoms with E-state index in [0.717, 1.165) is 5.56 Å². The number of hydrogen-bond acceptors (Lipinski definition) is 5. The Morgan fingerprint density at radius 1 is 1.00 bits per heavy atom. The minimum atomic E-state index is -5.08. The van der Waals surface area contributed by atoms with Crippen LogP contribution < -0.4 is 0 Å². The Bertz CT molecular complexity index is 1330. The maximum Gasteiger partial charge on any atom is 0.416 e. The Labute approximate surface area is 238 Å². The summed E-state index contributed by atoms with van der Waals surface area (Å²) < 4.78 is 82.2. The number of aryl methyl sites for hydroxylation is 1. The van der Waals surface area contributed by atoms with Gasteiger partial charge in [0.25, 0.3) is 5.91 Å². The Hall–Kier alpha value is -3.29. The molecule has 0 spiro atoms. The fourth-order valence-corrected chi connectivity index (χ4v) is 4.77. The van der Waals surface area contributed by atoms with Crippen LogP contribution in [0.4, 0.5) is 26.3 Å². The number of benzene rings is 2. The first-order valence-corrected chi connectivity index (χ1v) is 12.5. The molecule has 1 amide bonds. The first-order valence-electron chi connectivity index (χ1n) is 12.5. The summed E-state index contributed by atoms with van der Waals surface area (Å²) in [5.74, 6) is -0.902. The smallest absolute Gasteiger partial charge is 0.416 e. The van der Waals surface area contributed by atoms with Crippen LogP contribution in [-0.4, -0.2) is 68.0 Å². The number of carbonyl (C=O) groups excluding carboxylic acids is 1. The van der Waals surface area contributed by atoms with Crippen LogP contribution in [0.15, 0.2) is 48.8 Å². The molecule has 2 N–H and O–H groups in total. The molecule has 7 nitrogen and oxygen atoms in total. The second-order valence-corrected chi connectivity index (χ2v) is 9.84. The number of amides is 1. The zero-order chi connectivity index (χ0) is 29.2. The van der Waals surface area contributed by atoms with E-state index in [4.69, 9.17) is 5.11 Å². The van der Waals surface area contributed by atoms with E-state index in [2.05, 4.69) is 5.10 Å². The van der Waals surface area contributed by atoms with Crippen molar-refractivity contribution in [2.24, 2.45) is 0 Å². The first kappa shape index (κ1) is 32.2. The average molecular weight is 607 g/mol. The van der Waals surface area contributed by atoms with E-state index < -0.39 is 41.0 Å². The quantitative estimate of drug-likeness (QED) is 0.373. The number of piperazine rings is 1. The van der Waals surface area contributed by atoms with Gasteiger partial charge in [-0.05, 0) is 48.7 Å². The van der Waals surface area contributed by atoms with Crippen LogP contribution in [0.1, 0.15) is 38.2 Å². The minimum Gasteiger partial charge on any atom is -0.508 e. The lowest BCUT2D eigenvalue weighted by atomic mass is 9.98. The summed E-state index contributed by atoms with van der Waals surface area (Å²) in [4.78, 5) is 16.8. The van der Waals surface area contributed by atoms with Crippen LogP contribution in [0, 0.1) is 6.92 Å². The van der Waals surface area contributed by atoms with Crippen LogP contribution in [0.2, 0.25) is 0 Å². The van der Waals surface area contributed by atoms with E-state index in [1.807, 2.05) is 4.90 Å². The highest BCUT2D eigenvalue weighted by molar-refractivity contribution is 5.95. The van der Waals surface area contributed by atoms with Gasteiger partial charge < -0.3 is 15.1 Å². The lowest BCUT2D eigenvalue weighted by Gasteiger charge is -2.41. The highest BCUT2D eigenvalue weighted by atomic mass is 35.5. The molecule has 224 valence electrons. The van der Waals surface area contributed by atoms with Gasteiger partial charge in [-0.3, -0.25) is 14.4 Å². The number of carbonyl (C=O) groups is 1. The van der Waals surface area contributed by atoms with Crippen LogP contribution in [0.25, 0.3) is 0 Å². The SMILES string of the molecule is Cc1ccc(C[C@@H]2CN(Cc3cnn(CCO)c3)CCN2C(=O)c2cc(C(F)(F)F)cc(C(F)(F)F)c2)cc1O.Cl. The van der Waals surface area contributed by atoms with Gasteiger partial charge in [0.15, 0.2) is 0 Å². The van der Waals surface area contributed by atoms with E-state index in [-0.39, 0.29) is 50.3 Å². The normalized spacial score (nSPS) is 16.5. The number of aliphatic hydroxyl groups is 1. The Morgan fingerprint density at radius 3 is 2.24 bits per heavy atom. The Morgan fingerprint density at radius 2 is 1.66 bits per heavy atom. The van der Waals surface area contributed by atoms with E-state index in [0.29, 0.717) is 42.9 Å². The molecule has 1 saturated heterocycles. The molecule has 1 aliphatic rings. The summed E-state index contributed by atoms with van der Waals surface area (Å²) >= 11 is 0. The molecule has 1 aromatic heterocycles. The van der Waals surface area contributed by atoms with Crippen molar-refractivity contribution in [3.05, 3.63) is 82.2 Å². The average Bonchev–Trinajstić information content (AvgIpc) is 3.31. The van der Waals surface area contributed by atoms with Crippen molar-refractivity contribution in [3.63, 3.8) is 0 Å². The molecule has 0 saturated carbocycles. The molecule has 4 rings (SSSR count). The summed E-state index contributed by atoms with van der Waals surface area (Å²) in [7, 11) is 0. The molecule has 1 aliphatic heterocycles. The second kappa shape index (κ2) is 12.7. The Balaban J connectivity index is 0.00000462. The van der Waals surface area contributed by atoms with Crippen LogP contribution in [-0.2, 0) is 31.9 Å². The molecule has 0 bridgehead atoms. The van der Waals surface area contributed by atoms with E-state index in [1.165, 1.54) is 11.0 Å². The molecule has 2 heterocycles. The standard InChI is InChI=1S/C27H28F6N4O3.ClH/c1-17-2-3-18(9-24(17)39)8-23-16-35(14-19-13-34-36(15-19)6-7-38)4-5-37(23)25(40)20-10-21(26(28,29)30)12-22(11-20)27(31,32)33;/h2-3,9-13,15,23,38-39H,4-8,14,16H2,1H3;1H/t23-;/m1./s1. The molecule has 3 aromatic rings. The summed E-state index contributed by atoms with van der Waals surface area (Å²) in [5.41, 5.74) is -1.67. The second-order valence-electron chi connectivity index (χ2n) is 9.84. The fraction of sp³-hybridized carbons (Fsp3) is 0.407. The number of hydrogen-bond donors (Lipinski definition) is 2. The number of nitrogens with zero attached hydrogens (tertiary/aromatic N) is 4. The van der Waals surface area contributed by atoms with E-state index >= 15 is 0 Å². The molecular weight excluding hydrogens is 578 g/mol. The largest absolute Gasteiger partial charge is 0.508 e. The predicted octanol–water partition coefficient (Wildman–Crippen LogP) is 4.92. The van der Waals surface area contributed by atoms with Crippen LogP contribution in [0.3, 0.4) is 0 Å². The molecule has 0 aliphatic carbocycles. The summed E-state index contributed by atoms with van der Waals surface area (Å²) in [6, 6.07) is 5.26. The monoisotopic (exact) mass is 606 g/mol. The van der Waals surface area contributed by atoms with Crippen molar-refractivity contribution >= 4 is 18.3 Å². The van der Waals surface area contributed by atoms with Crippen molar-refractivity contribution in [2.45, 2.75) is 44.8 Å². The highest BCUT2D eigenvalue weighted by Gasteiger charge is 2.39. The lowest BCUT2D eigenvalue weighted by Crippen LogP contribution is -2.55. The van der Waals surface area contributed by atoms with Gasteiger partial charge >= 0.3 is 12.4 Å². The van der Waals surface area contributed by atoms with Gasteiger partial charge in [0.05, 0.1) is 30.5 Å². The number of halogens is 7. The summed E-state index contributed by atoms with van der Waals surface area (Å²) in [5, 5.41) is 23.4. The molecule has 0 unspecified atom stereocenters. The van der Waals surface area contributed by atoms with Gasteiger partial charge in [0.2, 0.25) is 0 Å². The van der Waals surface area contributed by atoms with Crippen molar-refractivity contribution in [2.75, 3.05) is 26.2 Å². The Kier molecular flexibility index (Phi) is 9.98. The van der Waals surface area contributed by atoms with Crippen molar-refractivity contribution in [1.29, 1.82) is 0 Å². The fourth-order valence-electron chi connectivity index (χ4n) is 4.77. The molecule has 1 fully saturated rings. The minimum absolute atomic E-state index is 0. The number of phenols is 1. The summed E-state index contributed by atoms with van der Waals surface area (Å²) in [6.07, 6.45) is -6.53. The molecular formula is C27H29ClF6N4O3. The van der Waals surface area contributed by atoms with Crippen LogP contribution in [0.5, 0.6) is 5.75 Å². The van der Waals surface area contributed by atoms with Gasteiger partial charge in [0.1, 0.15) is 5.75 Å². The third-order valence-corrected chi connectivity index (χ3v) is 6.83. The van der Waals surface area contributed by atoms with Gasteiger partial charge in [-0.15, -0.1) is 12.4 Å². The topological polar surface area (TPSA) is 81.8 Å². The number of aromatic nitrogens is 2. The lowest BCUT2D eigenvalue weighted by molar-refractivity contribution is -0.143. The third kappa shape index (κ3) is 7.92. The zero-order valence-electron chi connectivity index (χ0n) is 21.9. The van der Waals surface area contributed by atoms with Gasteiger partial charge in [0, 0.05) is 49.5 Å². The molecule has 41 heavy (non-hydrogen) atoms. The van der Waals surface area contributed by atoms with Crippen molar-refractivity contribution in [1.82, 2.24) is 19.6 Å². The third-order valence-electron chi connectivity index (χ3n) is 6.83. The van der Waals surface area contributed by atoms with E-state index in [1.54, 1.807) is 36.1 Å². The van der Waals surface area contributed by atoms with Crippen molar-refractivity contribution < 1.29 is 41.4 Å². The van der Waals surface area contributed by atoms with Crippen LogP contribution >= 0.6 is 12.4 Å².